The maximum atomic E-state index is 5.98. The molecule has 2 aromatic rings. The number of aromatic nitrogens is 1. The molecule has 0 saturated heterocycles. The zero-order valence-corrected chi connectivity index (χ0v) is 13.6. The van der Waals surface area contributed by atoms with Gasteiger partial charge in [0.25, 0.3) is 0 Å². The predicted octanol–water partition coefficient (Wildman–Crippen LogP) is 3.36. The largest absolute Gasteiger partial charge is 0.497 e. The second-order valence-electron chi connectivity index (χ2n) is 4.84. The van der Waals surface area contributed by atoms with Crippen molar-refractivity contribution in [2.75, 3.05) is 13.7 Å². The predicted molar refractivity (Wildman–Crippen MR) is 86.3 cm³/mol. The average molecular weight is 306 g/mol. The first-order chi connectivity index (χ1) is 10.1. The Bertz CT molecular complexity index is 581. The van der Waals surface area contributed by atoms with Gasteiger partial charge in [-0.1, -0.05) is 13.0 Å². The number of hydrogen-bond donors (Lipinski definition) is 1. The highest BCUT2D eigenvalue weighted by molar-refractivity contribution is 7.11. The van der Waals surface area contributed by atoms with E-state index in [1.165, 1.54) is 4.88 Å². The van der Waals surface area contributed by atoms with Crippen LogP contribution in [-0.4, -0.2) is 18.7 Å². The summed E-state index contributed by atoms with van der Waals surface area (Å²) in [5.74, 6) is 1.61. The van der Waals surface area contributed by atoms with E-state index in [2.05, 4.69) is 11.9 Å². The summed E-state index contributed by atoms with van der Waals surface area (Å²) in [5, 5.41) is 1.09. The number of methoxy groups -OCH3 is 1. The molecule has 1 atom stereocenters. The number of hydrogen-bond acceptors (Lipinski definition) is 5. The molecule has 0 amide bonds. The lowest BCUT2D eigenvalue weighted by Crippen LogP contribution is -2.05. The fraction of sp³-hybridized carbons (Fsp3) is 0.438. The number of rotatable bonds is 7. The first-order valence-corrected chi connectivity index (χ1v) is 7.96. The van der Waals surface area contributed by atoms with Crippen LogP contribution in [0.4, 0.5) is 0 Å². The quantitative estimate of drug-likeness (QED) is 0.852. The molecule has 0 saturated carbocycles. The maximum absolute atomic E-state index is 5.98. The molecule has 0 aliphatic rings. The molecule has 0 aliphatic carbocycles. The molecule has 1 aromatic heterocycles. The van der Waals surface area contributed by atoms with Crippen LogP contribution in [0.3, 0.4) is 0 Å². The van der Waals surface area contributed by atoms with Gasteiger partial charge in [0, 0.05) is 23.4 Å². The first-order valence-electron chi connectivity index (χ1n) is 7.15. The van der Waals surface area contributed by atoms with E-state index in [0.29, 0.717) is 6.61 Å². The Hall–Kier alpha value is -1.59. The second kappa shape index (κ2) is 7.43. The van der Waals surface area contributed by atoms with Crippen LogP contribution in [0.15, 0.2) is 24.3 Å². The number of aryl methyl sites for hydroxylation is 1. The van der Waals surface area contributed by atoms with Gasteiger partial charge >= 0.3 is 0 Å². The van der Waals surface area contributed by atoms with Gasteiger partial charge < -0.3 is 15.2 Å². The van der Waals surface area contributed by atoms with Gasteiger partial charge in [0.2, 0.25) is 0 Å². The fourth-order valence-corrected chi connectivity index (χ4v) is 3.17. The molecule has 4 nitrogen and oxygen atoms in total. The Morgan fingerprint density at radius 1 is 1.33 bits per heavy atom. The summed E-state index contributed by atoms with van der Waals surface area (Å²) in [7, 11) is 1.65. The topological polar surface area (TPSA) is 57.4 Å². The molecule has 0 spiro atoms. The van der Waals surface area contributed by atoms with E-state index < -0.39 is 0 Å². The zero-order valence-electron chi connectivity index (χ0n) is 12.8. The van der Waals surface area contributed by atoms with E-state index >= 15 is 0 Å². The smallest absolute Gasteiger partial charge is 0.123 e. The Balaban J connectivity index is 1.94. The molecule has 1 unspecified atom stereocenters. The number of benzene rings is 1. The van der Waals surface area contributed by atoms with E-state index in [9.17, 15) is 0 Å². The number of nitrogens with zero attached hydrogens (tertiary/aromatic N) is 1. The highest BCUT2D eigenvalue weighted by Crippen LogP contribution is 2.25. The van der Waals surface area contributed by atoms with E-state index in [0.717, 1.165) is 35.0 Å². The van der Waals surface area contributed by atoms with Crippen LogP contribution in [0.1, 0.15) is 35.5 Å². The van der Waals surface area contributed by atoms with E-state index in [4.69, 9.17) is 15.2 Å². The number of thiazole rings is 1. The third-order valence-corrected chi connectivity index (χ3v) is 4.50. The summed E-state index contributed by atoms with van der Waals surface area (Å²) in [5.41, 5.74) is 7.10. The Kier molecular flexibility index (Phi) is 5.59. The molecule has 1 aromatic carbocycles. The van der Waals surface area contributed by atoms with Crippen molar-refractivity contribution in [3.05, 3.63) is 39.8 Å². The summed E-state index contributed by atoms with van der Waals surface area (Å²) in [6.07, 6.45) is 1.71. The van der Waals surface area contributed by atoms with Crippen molar-refractivity contribution in [2.24, 2.45) is 5.73 Å². The van der Waals surface area contributed by atoms with Gasteiger partial charge in [0.05, 0.1) is 24.4 Å². The maximum Gasteiger partial charge on any atom is 0.123 e. The molecular weight excluding hydrogens is 284 g/mol. The summed E-state index contributed by atoms with van der Waals surface area (Å²) in [6, 6.07) is 7.67. The first kappa shape index (κ1) is 15.8. The van der Waals surface area contributed by atoms with Crippen LogP contribution < -0.4 is 15.2 Å². The van der Waals surface area contributed by atoms with Crippen molar-refractivity contribution in [3.63, 3.8) is 0 Å². The van der Waals surface area contributed by atoms with Crippen molar-refractivity contribution in [2.45, 2.75) is 32.7 Å². The van der Waals surface area contributed by atoms with Gasteiger partial charge in [-0.2, -0.15) is 0 Å². The summed E-state index contributed by atoms with van der Waals surface area (Å²) in [6.45, 7) is 4.71. The van der Waals surface area contributed by atoms with Gasteiger partial charge in [-0.3, -0.25) is 0 Å². The van der Waals surface area contributed by atoms with E-state index in [1.54, 1.807) is 18.4 Å². The van der Waals surface area contributed by atoms with Gasteiger partial charge in [-0.05, 0) is 25.5 Å². The van der Waals surface area contributed by atoms with Crippen molar-refractivity contribution in [3.8, 4) is 11.5 Å². The minimum Gasteiger partial charge on any atom is -0.497 e. The van der Waals surface area contributed by atoms with Gasteiger partial charge in [0.15, 0.2) is 0 Å². The Labute approximate surface area is 129 Å². The van der Waals surface area contributed by atoms with Crippen molar-refractivity contribution in [1.82, 2.24) is 4.98 Å². The van der Waals surface area contributed by atoms with Crippen LogP contribution in [0, 0.1) is 0 Å². The van der Waals surface area contributed by atoms with Gasteiger partial charge in [-0.25, -0.2) is 4.98 Å². The highest BCUT2D eigenvalue weighted by atomic mass is 32.1. The molecule has 2 N–H and O–H groups in total. The van der Waals surface area contributed by atoms with Crippen LogP contribution in [0.25, 0.3) is 0 Å². The van der Waals surface area contributed by atoms with Crippen LogP contribution >= 0.6 is 11.3 Å². The molecule has 0 aliphatic heterocycles. The van der Waals surface area contributed by atoms with E-state index in [-0.39, 0.29) is 6.04 Å². The second-order valence-corrected chi connectivity index (χ2v) is 5.95. The number of nitrogens with two attached hydrogens (primary N) is 1. The van der Waals surface area contributed by atoms with Crippen LogP contribution in [-0.2, 0) is 12.8 Å². The van der Waals surface area contributed by atoms with Gasteiger partial charge in [0.1, 0.15) is 11.5 Å². The molecule has 5 heteroatoms. The molecule has 0 radical (unpaired) electrons. The average Bonchev–Trinajstić information content (AvgIpc) is 2.91. The third kappa shape index (κ3) is 4.19. The summed E-state index contributed by atoms with van der Waals surface area (Å²) < 4.78 is 10.9. The summed E-state index contributed by atoms with van der Waals surface area (Å²) >= 11 is 1.69. The van der Waals surface area contributed by atoms with Crippen molar-refractivity contribution < 1.29 is 9.47 Å². The minimum atomic E-state index is 0.0468. The van der Waals surface area contributed by atoms with Crippen molar-refractivity contribution >= 4 is 11.3 Å². The summed E-state index contributed by atoms with van der Waals surface area (Å²) in [4.78, 5) is 5.84. The molecule has 1 heterocycles. The minimum absolute atomic E-state index is 0.0468. The normalized spacial score (nSPS) is 12.2. The SMILES string of the molecule is CCc1nc(CCOc2cccc(OC)c2)sc1C(C)N. The van der Waals surface area contributed by atoms with Crippen molar-refractivity contribution in [1.29, 1.82) is 0 Å². The fourth-order valence-electron chi connectivity index (χ4n) is 2.08. The lowest BCUT2D eigenvalue weighted by molar-refractivity contribution is 0.318. The van der Waals surface area contributed by atoms with Crippen LogP contribution in [0.2, 0.25) is 0 Å². The standard InChI is InChI=1S/C16H22N2O2S/c1-4-14-16(11(2)17)21-15(18-14)8-9-20-13-7-5-6-12(10-13)19-3/h5-7,10-11H,4,8-9,17H2,1-3H3. The van der Waals surface area contributed by atoms with Gasteiger partial charge in [-0.15, -0.1) is 11.3 Å². The number of ether oxygens (including phenoxy) is 2. The zero-order chi connectivity index (χ0) is 15.2. The monoisotopic (exact) mass is 306 g/mol. The molecule has 114 valence electrons. The van der Waals surface area contributed by atoms with E-state index in [1.807, 2.05) is 31.2 Å². The molecule has 0 fully saturated rings. The Morgan fingerprint density at radius 2 is 2.10 bits per heavy atom. The molecule has 2 rings (SSSR count). The lowest BCUT2D eigenvalue weighted by atomic mass is 10.2. The highest BCUT2D eigenvalue weighted by Gasteiger charge is 2.13. The molecule has 21 heavy (non-hydrogen) atoms. The Morgan fingerprint density at radius 3 is 2.71 bits per heavy atom. The lowest BCUT2D eigenvalue weighted by Gasteiger charge is -2.06. The third-order valence-electron chi connectivity index (χ3n) is 3.15. The molecular formula is C16H22N2O2S. The van der Waals surface area contributed by atoms with Crippen LogP contribution in [0.5, 0.6) is 11.5 Å². The molecule has 0 bridgehead atoms.